The number of amides is 1. The van der Waals surface area contributed by atoms with Crippen molar-refractivity contribution in [3.05, 3.63) is 41.5 Å². The molecule has 1 amide bonds. The number of cyclic esters (lactones) is 1. The Morgan fingerprint density at radius 1 is 1.02 bits per heavy atom. The SMILES string of the molecule is CCCCCC1(CCCCC)O[C@@H]2[C@H](O1)[C@H]1ON(Cc3cccc(C=CC(=O)O[C@H]4C(=O)OCC4(C)C)c3)[C@H]3C(=O)O[C@@H]2C[C@@]13C(=O)N[C@H](CO)CCC(=O)OC(C)(C)C. The van der Waals surface area contributed by atoms with Crippen molar-refractivity contribution in [3.8, 4) is 0 Å². The first kappa shape index (κ1) is 45.6. The second-order valence-corrected chi connectivity index (χ2v) is 18.7. The fraction of sp³-hybridized carbons (Fsp3) is 0.711. The van der Waals surface area contributed by atoms with Crippen LogP contribution in [0.4, 0.5) is 0 Å². The number of fused-ring (bicyclic) bond motifs is 4. The van der Waals surface area contributed by atoms with E-state index >= 15 is 0 Å². The first-order chi connectivity index (χ1) is 28.4. The summed E-state index contributed by atoms with van der Waals surface area (Å²) in [6.45, 7) is 12.9. The number of hydroxylamine groups is 2. The van der Waals surface area contributed by atoms with Crippen molar-refractivity contribution in [2.24, 2.45) is 10.8 Å². The second kappa shape index (κ2) is 18.6. The average molecular weight is 841 g/mol. The van der Waals surface area contributed by atoms with Crippen molar-refractivity contribution >= 4 is 35.9 Å². The molecule has 5 fully saturated rings. The third kappa shape index (κ3) is 9.91. The number of ether oxygens (including phenoxy) is 6. The maximum absolute atomic E-state index is 14.9. The van der Waals surface area contributed by atoms with E-state index in [1.54, 1.807) is 52.8 Å². The van der Waals surface area contributed by atoms with Crippen LogP contribution in [0.3, 0.4) is 0 Å². The van der Waals surface area contributed by atoms with Gasteiger partial charge in [0.15, 0.2) is 11.8 Å². The van der Waals surface area contributed by atoms with Crippen LogP contribution in [-0.2, 0) is 63.8 Å². The number of benzene rings is 1. The highest BCUT2D eigenvalue weighted by molar-refractivity contribution is 5.94. The summed E-state index contributed by atoms with van der Waals surface area (Å²) < 4.78 is 36.0. The quantitative estimate of drug-likeness (QED) is 0.0798. The lowest BCUT2D eigenvalue weighted by molar-refractivity contribution is -0.224. The van der Waals surface area contributed by atoms with Crippen LogP contribution in [0.25, 0.3) is 6.08 Å². The Bertz CT molecular complexity index is 1760. The zero-order valence-corrected chi connectivity index (χ0v) is 36.2. The fourth-order valence-corrected chi connectivity index (χ4v) is 9.14. The van der Waals surface area contributed by atoms with E-state index in [1.165, 1.54) is 11.1 Å². The number of carbonyl (C=O) groups is 5. The molecular weight excluding hydrogens is 776 g/mol. The number of unbranched alkanes of at least 4 members (excludes halogenated alkanes) is 4. The standard InChI is InChI=1S/C45H64N2O13/c1-8-10-12-21-44(22-13-11-9-2)58-34-31-24-45(41(53)46-30(26-48)18-20-33(50)57-42(3,4)5)36(39(51)55-31)47(60-37(45)35(34)59-44)25-29-16-14-15-28(23-29)17-19-32(49)56-38-40(52)54-27-43(38,6)7/h14-17,19,23,30-31,34-38,48H,8-13,18,20-22,24-27H2,1-7H3,(H,46,53)/t30-,31+,34-,35-,36-,37+,38-,45-/m0/s1. The Morgan fingerprint density at radius 3 is 2.35 bits per heavy atom. The molecule has 60 heavy (non-hydrogen) atoms. The largest absolute Gasteiger partial charge is 0.462 e. The topological polar surface area (TPSA) is 185 Å². The normalized spacial score (nSPS) is 29.5. The van der Waals surface area contributed by atoms with E-state index in [-0.39, 0.29) is 32.4 Å². The number of nitrogens with one attached hydrogen (secondary N) is 1. The summed E-state index contributed by atoms with van der Waals surface area (Å²) in [7, 11) is 0. The molecule has 1 saturated carbocycles. The molecule has 4 aliphatic heterocycles. The Morgan fingerprint density at radius 2 is 1.72 bits per heavy atom. The molecule has 15 nitrogen and oxygen atoms in total. The van der Waals surface area contributed by atoms with E-state index in [1.807, 2.05) is 12.1 Å². The minimum atomic E-state index is -1.50. The first-order valence-electron chi connectivity index (χ1n) is 21.7. The van der Waals surface area contributed by atoms with E-state index in [4.69, 9.17) is 33.3 Å². The van der Waals surface area contributed by atoms with Crippen LogP contribution in [0.1, 0.15) is 130 Å². The second-order valence-electron chi connectivity index (χ2n) is 18.7. The van der Waals surface area contributed by atoms with Gasteiger partial charge in [0.25, 0.3) is 0 Å². The highest BCUT2D eigenvalue weighted by Crippen LogP contribution is 2.58. The van der Waals surface area contributed by atoms with Crippen LogP contribution in [-0.4, -0.2) is 107 Å². The van der Waals surface area contributed by atoms with Crippen molar-refractivity contribution in [3.63, 3.8) is 0 Å². The summed E-state index contributed by atoms with van der Waals surface area (Å²) in [6.07, 6.45) is 5.85. The molecule has 2 N–H and O–H groups in total. The van der Waals surface area contributed by atoms with Gasteiger partial charge in [0.2, 0.25) is 12.0 Å². The minimum absolute atomic E-state index is 0.0385. The summed E-state index contributed by atoms with van der Waals surface area (Å²) in [5.74, 6) is -3.82. The van der Waals surface area contributed by atoms with E-state index in [9.17, 15) is 29.1 Å². The summed E-state index contributed by atoms with van der Waals surface area (Å²) in [4.78, 5) is 73.5. The van der Waals surface area contributed by atoms with Crippen LogP contribution in [0, 0.1) is 10.8 Å². The lowest BCUT2D eigenvalue weighted by Crippen LogP contribution is -2.70. The molecule has 332 valence electrons. The van der Waals surface area contributed by atoms with Crippen LogP contribution < -0.4 is 5.32 Å². The number of hydrogen-bond donors (Lipinski definition) is 2. The van der Waals surface area contributed by atoms with Gasteiger partial charge in [-0.3, -0.25) is 19.2 Å². The van der Waals surface area contributed by atoms with Crippen molar-refractivity contribution in [2.75, 3.05) is 13.2 Å². The molecule has 4 heterocycles. The summed E-state index contributed by atoms with van der Waals surface area (Å²) in [6, 6.07) is 5.23. The van der Waals surface area contributed by atoms with Crippen molar-refractivity contribution in [1.82, 2.24) is 10.4 Å². The van der Waals surface area contributed by atoms with E-state index in [0.717, 1.165) is 38.5 Å². The molecule has 1 aliphatic carbocycles. The van der Waals surface area contributed by atoms with Gasteiger partial charge >= 0.3 is 23.9 Å². The molecule has 0 aromatic heterocycles. The van der Waals surface area contributed by atoms with Gasteiger partial charge in [-0.15, -0.1) is 0 Å². The Labute approximate surface area is 353 Å². The highest BCUT2D eigenvalue weighted by Gasteiger charge is 2.76. The van der Waals surface area contributed by atoms with Gasteiger partial charge in [0.1, 0.15) is 42.0 Å². The minimum Gasteiger partial charge on any atom is -0.462 e. The number of rotatable bonds is 19. The molecule has 4 saturated heterocycles. The zero-order valence-electron chi connectivity index (χ0n) is 36.2. The molecule has 2 bridgehead atoms. The average Bonchev–Trinajstić information content (AvgIpc) is 3.82. The van der Waals surface area contributed by atoms with E-state index in [0.29, 0.717) is 24.0 Å². The van der Waals surface area contributed by atoms with Crippen LogP contribution in [0.2, 0.25) is 0 Å². The molecule has 5 aliphatic rings. The maximum atomic E-state index is 14.9. The third-order valence-corrected chi connectivity index (χ3v) is 12.1. The fourth-order valence-electron chi connectivity index (χ4n) is 9.14. The lowest BCUT2D eigenvalue weighted by atomic mass is 9.62. The van der Waals surface area contributed by atoms with Crippen LogP contribution >= 0.6 is 0 Å². The van der Waals surface area contributed by atoms with Crippen LogP contribution in [0.5, 0.6) is 0 Å². The number of hydrogen-bond acceptors (Lipinski definition) is 14. The molecule has 0 spiro atoms. The van der Waals surface area contributed by atoms with Crippen molar-refractivity contribution < 1.29 is 62.3 Å². The Hall–Kier alpha value is -3.89. The molecule has 1 aromatic rings. The highest BCUT2D eigenvalue weighted by atomic mass is 16.8. The lowest BCUT2D eigenvalue weighted by Gasteiger charge is -2.49. The molecule has 1 aromatic carbocycles. The molecule has 6 rings (SSSR count). The van der Waals surface area contributed by atoms with Gasteiger partial charge in [-0.1, -0.05) is 77.6 Å². The zero-order chi connectivity index (χ0) is 43.5. The monoisotopic (exact) mass is 840 g/mol. The van der Waals surface area contributed by atoms with Gasteiger partial charge < -0.3 is 38.8 Å². The van der Waals surface area contributed by atoms with Gasteiger partial charge in [-0.25, -0.2) is 9.59 Å². The molecule has 8 atom stereocenters. The number of carbonyl (C=O) groups excluding carboxylic acids is 5. The van der Waals surface area contributed by atoms with Crippen LogP contribution in [0.15, 0.2) is 30.3 Å². The smallest absolute Gasteiger partial charge is 0.348 e. The summed E-state index contributed by atoms with van der Waals surface area (Å²) in [5.41, 5.74) is -1.50. The number of aliphatic hydroxyl groups is 1. The summed E-state index contributed by atoms with van der Waals surface area (Å²) >= 11 is 0. The first-order valence-corrected chi connectivity index (χ1v) is 21.7. The summed E-state index contributed by atoms with van der Waals surface area (Å²) in [5, 5.41) is 14.9. The van der Waals surface area contributed by atoms with Gasteiger partial charge in [0, 0.05) is 37.2 Å². The molecule has 0 radical (unpaired) electrons. The van der Waals surface area contributed by atoms with Crippen molar-refractivity contribution in [1.29, 1.82) is 0 Å². The maximum Gasteiger partial charge on any atom is 0.348 e. The van der Waals surface area contributed by atoms with Gasteiger partial charge in [-0.2, -0.15) is 5.06 Å². The van der Waals surface area contributed by atoms with Gasteiger partial charge in [-0.05, 0) is 57.2 Å². The molecule has 0 unspecified atom stereocenters. The predicted octanol–water partition coefficient (Wildman–Crippen LogP) is 5.23. The number of aliphatic hydroxyl groups excluding tert-OH is 1. The number of nitrogens with zero attached hydrogens (tertiary/aromatic N) is 1. The van der Waals surface area contributed by atoms with Gasteiger partial charge in [0.05, 0.1) is 19.2 Å². The predicted molar refractivity (Wildman–Crippen MR) is 216 cm³/mol. The Balaban J connectivity index is 1.27. The van der Waals surface area contributed by atoms with E-state index in [2.05, 4.69) is 19.2 Å². The Kier molecular flexibility index (Phi) is 14.2. The number of esters is 4. The molecular formula is C45H64N2O13. The third-order valence-electron chi connectivity index (χ3n) is 12.1. The molecule has 15 heteroatoms. The van der Waals surface area contributed by atoms with E-state index < -0.39 is 101 Å². The van der Waals surface area contributed by atoms with Crippen molar-refractivity contribution in [2.45, 2.75) is 180 Å².